The first kappa shape index (κ1) is 19.8. The van der Waals surface area contributed by atoms with Crippen LogP contribution in [-0.2, 0) is 6.54 Å². The van der Waals surface area contributed by atoms with Crippen molar-refractivity contribution in [1.29, 1.82) is 0 Å². The lowest BCUT2D eigenvalue weighted by Gasteiger charge is -2.10. The Hall–Kier alpha value is -2.54. The zero-order valence-electron chi connectivity index (χ0n) is 14.8. The quantitative estimate of drug-likeness (QED) is 0.440. The standard InChI is InChI=1S/C19H25N5OS/c25-18(17-9-3-6-11-21-17)22-12-4-1-2-5-13-23-19(26)24-15-16-8-7-10-20-14-16/h3,6-11,14H,1-2,4-5,12-13,15H2,(H,22,25)(H2,23,24,26). The molecule has 2 aromatic heterocycles. The number of rotatable bonds is 10. The Bertz CT molecular complexity index is 666. The van der Waals surface area contributed by atoms with E-state index in [4.69, 9.17) is 12.2 Å². The summed E-state index contributed by atoms with van der Waals surface area (Å²) in [6.45, 7) is 2.20. The van der Waals surface area contributed by atoms with E-state index in [-0.39, 0.29) is 5.91 Å². The molecule has 1 amide bonds. The molecule has 0 spiro atoms. The Labute approximate surface area is 159 Å². The van der Waals surface area contributed by atoms with Gasteiger partial charge in [0.15, 0.2) is 5.11 Å². The van der Waals surface area contributed by atoms with Crippen molar-refractivity contribution in [2.24, 2.45) is 0 Å². The number of nitrogens with zero attached hydrogens (tertiary/aromatic N) is 2. The van der Waals surface area contributed by atoms with Crippen molar-refractivity contribution < 1.29 is 4.79 Å². The number of pyridine rings is 2. The summed E-state index contributed by atoms with van der Waals surface area (Å²) in [5.41, 5.74) is 1.56. The van der Waals surface area contributed by atoms with Gasteiger partial charge in [-0.3, -0.25) is 14.8 Å². The molecule has 138 valence electrons. The van der Waals surface area contributed by atoms with E-state index in [2.05, 4.69) is 25.9 Å². The van der Waals surface area contributed by atoms with Crippen molar-refractivity contribution in [1.82, 2.24) is 25.9 Å². The summed E-state index contributed by atoms with van der Waals surface area (Å²) in [6, 6.07) is 9.24. The lowest BCUT2D eigenvalue weighted by atomic mass is 10.2. The second-order valence-corrected chi connectivity index (χ2v) is 6.26. The smallest absolute Gasteiger partial charge is 0.269 e. The van der Waals surface area contributed by atoms with E-state index in [1.165, 1.54) is 0 Å². The molecule has 0 saturated carbocycles. The highest BCUT2D eigenvalue weighted by molar-refractivity contribution is 7.80. The third-order valence-electron chi connectivity index (χ3n) is 3.75. The maximum atomic E-state index is 11.8. The minimum absolute atomic E-state index is 0.114. The normalized spacial score (nSPS) is 10.2. The van der Waals surface area contributed by atoms with Crippen molar-refractivity contribution in [3.63, 3.8) is 0 Å². The summed E-state index contributed by atoms with van der Waals surface area (Å²) < 4.78 is 0. The van der Waals surface area contributed by atoms with Crippen molar-refractivity contribution in [3.8, 4) is 0 Å². The van der Waals surface area contributed by atoms with Gasteiger partial charge in [-0.25, -0.2) is 0 Å². The van der Waals surface area contributed by atoms with E-state index in [1.54, 1.807) is 24.5 Å². The average Bonchev–Trinajstić information content (AvgIpc) is 2.69. The van der Waals surface area contributed by atoms with Gasteiger partial charge in [-0.1, -0.05) is 25.0 Å². The van der Waals surface area contributed by atoms with Crippen LogP contribution in [0.25, 0.3) is 0 Å². The summed E-state index contributed by atoms with van der Waals surface area (Å²) in [5, 5.41) is 9.92. The number of nitrogens with one attached hydrogen (secondary N) is 3. The monoisotopic (exact) mass is 371 g/mol. The second-order valence-electron chi connectivity index (χ2n) is 5.86. The summed E-state index contributed by atoms with van der Waals surface area (Å²) in [5.74, 6) is -0.114. The van der Waals surface area contributed by atoms with Crippen LogP contribution in [0.3, 0.4) is 0 Å². The topological polar surface area (TPSA) is 78.9 Å². The van der Waals surface area contributed by atoms with E-state index in [0.29, 0.717) is 23.9 Å². The lowest BCUT2D eigenvalue weighted by Crippen LogP contribution is -2.35. The van der Waals surface area contributed by atoms with Crippen LogP contribution in [0.5, 0.6) is 0 Å². The second kappa shape index (κ2) is 11.9. The predicted molar refractivity (Wildman–Crippen MR) is 107 cm³/mol. The number of hydrogen-bond acceptors (Lipinski definition) is 4. The number of hydrogen-bond donors (Lipinski definition) is 3. The van der Waals surface area contributed by atoms with E-state index in [9.17, 15) is 4.79 Å². The predicted octanol–water partition coefficient (Wildman–Crippen LogP) is 2.43. The maximum absolute atomic E-state index is 11.8. The highest BCUT2D eigenvalue weighted by Gasteiger charge is 2.04. The number of thiocarbonyl (C=S) groups is 1. The van der Waals surface area contributed by atoms with Gasteiger partial charge in [-0.2, -0.15) is 0 Å². The summed E-state index contributed by atoms with van der Waals surface area (Å²) in [6.07, 6.45) is 9.37. The molecule has 0 saturated heterocycles. The Kier molecular flexibility index (Phi) is 9.07. The van der Waals surface area contributed by atoms with Gasteiger partial charge < -0.3 is 16.0 Å². The molecule has 7 heteroatoms. The molecule has 0 bridgehead atoms. The minimum Gasteiger partial charge on any atom is -0.363 e. The van der Waals surface area contributed by atoms with Gasteiger partial charge in [0.25, 0.3) is 5.91 Å². The number of carbonyl (C=O) groups is 1. The van der Waals surface area contributed by atoms with E-state index in [0.717, 1.165) is 37.8 Å². The molecule has 0 radical (unpaired) electrons. The number of aromatic nitrogens is 2. The SMILES string of the molecule is O=C(NCCCCCCNC(=S)NCc1cccnc1)c1ccccn1. The number of unbranched alkanes of at least 4 members (excludes halogenated alkanes) is 3. The van der Waals surface area contributed by atoms with Gasteiger partial charge in [0.1, 0.15) is 5.69 Å². The van der Waals surface area contributed by atoms with E-state index < -0.39 is 0 Å². The van der Waals surface area contributed by atoms with Crippen LogP contribution in [0.15, 0.2) is 48.9 Å². The third-order valence-corrected chi connectivity index (χ3v) is 4.04. The molecule has 0 aliphatic carbocycles. The van der Waals surface area contributed by atoms with Gasteiger partial charge in [-0.05, 0) is 48.8 Å². The average molecular weight is 372 g/mol. The lowest BCUT2D eigenvalue weighted by molar-refractivity contribution is 0.0948. The summed E-state index contributed by atoms with van der Waals surface area (Å²) >= 11 is 5.25. The molecule has 26 heavy (non-hydrogen) atoms. The Morgan fingerprint density at radius 2 is 1.73 bits per heavy atom. The van der Waals surface area contributed by atoms with Crippen LogP contribution in [0.2, 0.25) is 0 Å². The van der Waals surface area contributed by atoms with E-state index in [1.807, 2.05) is 24.4 Å². The van der Waals surface area contributed by atoms with Crippen LogP contribution >= 0.6 is 12.2 Å². The third kappa shape index (κ3) is 8.02. The zero-order chi connectivity index (χ0) is 18.5. The van der Waals surface area contributed by atoms with E-state index >= 15 is 0 Å². The molecule has 0 aliphatic heterocycles. The molecule has 0 atom stereocenters. The molecule has 3 N–H and O–H groups in total. The molecule has 2 heterocycles. The molecular weight excluding hydrogens is 346 g/mol. The molecule has 0 aromatic carbocycles. The van der Waals surface area contributed by atoms with Crippen LogP contribution in [0.1, 0.15) is 41.7 Å². The number of carbonyl (C=O) groups excluding carboxylic acids is 1. The minimum atomic E-state index is -0.114. The van der Waals surface area contributed by atoms with Gasteiger partial charge in [0.2, 0.25) is 0 Å². The zero-order valence-corrected chi connectivity index (χ0v) is 15.6. The van der Waals surface area contributed by atoms with Crippen LogP contribution < -0.4 is 16.0 Å². The molecule has 2 aromatic rings. The fourth-order valence-corrected chi connectivity index (χ4v) is 2.52. The summed E-state index contributed by atoms with van der Waals surface area (Å²) in [4.78, 5) is 19.9. The Balaban J connectivity index is 1.43. The number of amides is 1. The molecule has 2 rings (SSSR count). The van der Waals surface area contributed by atoms with Crippen LogP contribution in [-0.4, -0.2) is 34.1 Å². The van der Waals surface area contributed by atoms with Gasteiger partial charge >= 0.3 is 0 Å². The van der Waals surface area contributed by atoms with Crippen molar-refractivity contribution in [2.75, 3.05) is 13.1 Å². The first-order chi connectivity index (χ1) is 12.8. The molecule has 0 fully saturated rings. The molecule has 0 unspecified atom stereocenters. The fourth-order valence-electron chi connectivity index (χ4n) is 2.34. The van der Waals surface area contributed by atoms with Gasteiger partial charge in [-0.15, -0.1) is 0 Å². The van der Waals surface area contributed by atoms with Crippen LogP contribution in [0.4, 0.5) is 0 Å². The highest BCUT2D eigenvalue weighted by Crippen LogP contribution is 1.99. The molecular formula is C19H25N5OS. The Morgan fingerprint density at radius 1 is 0.923 bits per heavy atom. The Morgan fingerprint density at radius 3 is 2.42 bits per heavy atom. The van der Waals surface area contributed by atoms with Gasteiger partial charge in [0.05, 0.1) is 0 Å². The van der Waals surface area contributed by atoms with Crippen LogP contribution in [0, 0.1) is 0 Å². The summed E-state index contributed by atoms with van der Waals surface area (Å²) in [7, 11) is 0. The maximum Gasteiger partial charge on any atom is 0.269 e. The highest BCUT2D eigenvalue weighted by atomic mass is 32.1. The van der Waals surface area contributed by atoms with Crippen molar-refractivity contribution >= 4 is 23.2 Å². The fraction of sp³-hybridized carbons (Fsp3) is 0.368. The first-order valence-electron chi connectivity index (χ1n) is 8.85. The van der Waals surface area contributed by atoms with Crippen molar-refractivity contribution in [2.45, 2.75) is 32.2 Å². The molecule has 0 aliphatic rings. The largest absolute Gasteiger partial charge is 0.363 e. The van der Waals surface area contributed by atoms with Crippen molar-refractivity contribution in [3.05, 3.63) is 60.2 Å². The molecule has 6 nitrogen and oxygen atoms in total. The van der Waals surface area contributed by atoms with Gasteiger partial charge in [0, 0.05) is 38.2 Å². The first-order valence-corrected chi connectivity index (χ1v) is 9.26.